The van der Waals surface area contributed by atoms with E-state index in [4.69, 9.17) is 11.6 Å². The van der Waals surface area contributed by atoms with Crippen molar-refractivity contribution in [3.05, 3.63) is 57.4 Å². The highest BCUT2D eigenvalue weighted by molar-refractivity contribution is 6.20. The van der Waals surface area contributed by atoms with Crippen molar-refractivity contribution in [3.8, 4) is 0 Å². The summed E-state index contributed by atoms with van der Waals surface area (Å²) in [6.07, 6.45) is 0.376. The molecule has 112 valence electrons. The Morgan fingerprint density at radius 2 is 1.95 bits per heavy atom. The van der Waals surface area contributed by atoms with Gasteiger partial charge in [0.1, 0.15) is 11.4 Å². The van der Waals surface area contributed by atoms with Crippen molar-refractivity contribution in [2.45, 2.75) is 38.6 Å². The molecule has 1 heterocycles. The van der Waals surface area contributed by atoms with E-state index in [9.17, 15) is 10.1 Å². The van der Waals surface area contributed by atoms with E-state index < -0.39 is 0 Å². The van der Waals surface area contributed by atoms with Crippen molar-refractivity contribution >= 4 is 17.3 Å². The zero-order valence-corrected chi connectivity index (χ0v) is 13.0. The predicted molar refractivity (Wildman–Crippen MR) is 82.7 cm³/mol. The number of hydrogen-bond acceptors (Lipinski definition) is 3. The van der Waals surface area contributed by atoms with Gasteiger partial charge in [0.25, 0.3) is 0 Å². The molecule has 0 spiro atoms. The van der Waals surface area contributed by atoms with Crippen LogP contribution in [0.2, 0.25) is 0 Å². The lowest BCUT2D eigenvalue weighted by molar-refractivity contribution is -0.386. The van der Waals surface area contributed by atoms with Crippen molar-refractivity contribution < 1.29 is 4.92 Å². The van der Waals surface area contributed by atoms with Gasteiger partial charge in [-0.15, -0.1) is 11.6 Å². The number of halogens is 1. The molecule has 1 aromatic carbocycles. The van der Waals surface area contributed by atoms with Crippen LogP contribution in [0.15, 0.2) is 30.3 Å². The first-order chi connectivity index (χ1) is 9.91. The molecule has 1 unspecified atom stereocenters. The minimum absolute atomic E-state index is 0.0482. The van der Waals surface area contributed by atoms with Crippen LogP contribution in [0.5, 0.6) is 0 Å². The molecule has 6 heteroatoms. The average molecular weight is 308 g/mol. The van der Waals surface area contributed by atoms with Gasteiger partial charge in [-0.25, -0.2) is 0 Å². The molecule has 0 amide bonds. The molecule has 0 bridgehead atoms. The number of nitrogens with zero attached hydrogens (tertiary/aromatic N) is 3. The molecule has 21 heavy (non-hydrogen) atoms. The van der Waals surface area contributed by atoms with Crippen LogP contribution in [0.4, 0.5) is 5.69 Å². The van der Waals surface area contributed by atoms with E-state index in [2.05, 4.69) is 5.10 Å². The first kappa shape index (κ1) is 15.5. The zero-order valence-electron chi connectivity index (χ0n) is 12.3. The fourth-order valence-corrected chi connectivity index (χ4v) is 2.68. The first-order valence-electron chi connectivity index (χ1n) is 6.83. The van der Waals surface area contributed by atoms with Gasteiger partial charge in [-0.1, -0.05) is 30.3 Å². The molecule has 2 aromatic rings. The summed E-state index contributed by atoms with van der Waals surface area (Å²) in [6.45, 7) is 5.56. The third kappa shape index (κ3) is 3.24. The molecule has 0 saturated heterocycles. The Morgan fingerprint density at radius 1 is 1.33 bits per heavy atom. The minimum atomic E-state index is -0.370. The summed E-state index contributed by atoms with van der Waals surface area (Å²) in [5.74, 6) is 0. The van der Waals surface area contributed by atoms with Gasteiger partial charge in [-0.3, -0.25) is 14.8 Å². The molecule has 0 saturated carbocycles. The number of rotatable bonds is 5. The van der Waals surface area contributed by atoms with Gasteiger partial charge in [0.15, 0.2) is 0 Å². The van der Waals surface area contributed by atoms with Crippen LogP contribution in [-0.4, -0.2) is 14.7 Å². The topological polar surface area (TPSA) is 61.0 Å². The van der Waals surface area contributed by atoms with E-state index in [0.717, 1.165) is 5.56 Å². The summed E-state index contributed by atoms with van der Waals surface area (Å²) >= 11 is 6.44. The summed E-state index contributed by atoms with van der Waals surface area (Å²) in [5.41, 5.74) is 2.03. The number of nitro groups is 1. The van der Waals surface area contributed by atoms with E-state index in [0.29, 0.717) is 17.8 Å². The molecule has 0 N–H and O–H groups in total. The lowest BCUT2D eigenvalue weighted by atomic mass is 10.1. The Morgan fingerprint density at radius 3 is 2.48 bits per heavy atom. The van der Waals surface area contributed by atoms with Crippen LogP contribution >= 0.6 is 11.6 Å². The standard InChI is InChI=1S/C15H18ClN3O2/c1-10(2)18-14(15(19(20)21)11(3)17-18)9-13(16)12-7-5-4-6-8-12/h4-8,10,13H,9H2,1-3H3. The van der Waals surface area contributed by atoms with Crippen LogP contribution in [0.3, 0.4) is 0 Å². The number of benzene rings is 1. The highest BCUT2D eigenvalue weighted by Gasteiger charge is 2.28. The zero-order chi connectivity index (χ0) is 15.6. The van der Waals surface area contributed by atoms with Gasteiger partial charge in [-0.05, 0) is 26.3 Å². The summed E-state index contributed by atoms with van der Waals surface area (Å²) in [5, 5.41) is 15.3. The molecule has 1 aromatic heterocycles. The molecule has 0 fully saturated rings. The summed E-state index contributed by atoms with van der Waals surface area (Å²) < 4.78 is 1.70. The Balaban J connectivity index is 2.40. The normalized spacial score (nSPS) is 12.6. The highest BCUT2D eigenvalue weighted by atomic mass is 35.5. The van der Waals surface area contributed by atoms with Crippen LogP contribution in [0, 0.1) is 17.0 Å². The van der Waals surface area contributed by atoms with Crippen molar-refractivity contribution in [2.24, 2.45) is 0 Å². The lowest BCUT2D eigenvalue weighted by Crippen LogP contribution is -2.10. The quantitative estimate of drug-likeness (QED) is 0.472. The van der Waals surface area contributed by atoms with Crippen LogP contribution in [-0.2, 0) is 6.42 Å². The Labute approximate surface area is 128 Å². The van der Waals surface area contributed by atoms with Crippen LogP contribution < -0.4 is 0 Å². The SMILES string of the molecule is Cc1nn(C(C)C)c(CC(Cl)c2ccccc2)c1[N+](=O)[O-]. The maximum atomic E-state index is 11.3. The van der Waals surface area contributed by atoms with Crippen LogP contribution in [0.1, 0.15) is 42.2 Å². The van der Waals surface area contributed by atoms with Crippen LogP contribution in [0.25, 0.3) is 0 Å². The molecule has 0 aliphatic rings. The van der Waals surface area contributed by atoms with Gasteiger partial charge in [-0.2, -0.15) is 5.10 Å². The Kier molecular flexibility index (Phi) is 4.63. The van der Waals surface area contributed by atoms with Gasteiger partial charge in [0, 0.05) is 12.5 Å². The molecule has 0 aliphatic heterocycles. The van der Waals surface area contributed by atoms with Crippen molar-refractivity contribution in [1.82, 2.24) is 9.78 Å². The molecule has 2 rings (SSSR count). The monoisotopic (exact) mass is 307 g/mol. The van der Waals surface area contributed by atoms with Crippen molar-refractivity contribution in [2.75, 3.05) is 0 Å². The second-order valence-electron chi connectivity index (χ2n) is 5.26. The molecular weight excluding hydrogens is 290 g/mol. The van der Waals surface area contributed by atoms with E-state index in [1.54, 1.807) is 11.6 Å². The van der Waals surface area contributed by atoms with Crippen molar-refractivity contribution in [1.29, 1.82) is 0 Å². The van der Waals surface area contributed by atoms with E-state index in [-0.39, 0.29) is 22.0 Å². The number of hydrogen-bond donors (Lipinski definition) is 0. The largest absolute Gasteiger partial charge is 0.313 e. The van der Waals surface area contributed by atoms with E-state index >= 15 is 0 Å². The van der Waals surface area contributed by atoms with Gasteiger partial charge in [0.05, 0.1) is 10.3 Å². The summed E-state index contributed by atoms with van der Waals surface area (Å²) in [7, 11) is 0. The first-order valence-corrected chi connectivity index (χ1v) is 7.26. The van der Waals surface area contributed by atoms with Crippen molar-refractivity contribution in [3.63, 3.8) is 0 Å². The number of aromatic nitrogens is 2. The maximum absolute atomic E-state index is 11.3. The lowest BCUT2D eigenvalue weighted by Gasteiger charge is -2.13. The fourth-order valence-electron chi connectivity index (χ4n) is 2.39. The smallest absolute Gasteiger partial charge is 0.260 e. The second kappa shape index (κ2) is 6.26. The molecule has 5 nitrogen and oxygen atoms in total. The molecule has 0 radical (unpaired) electrons. The molecular formula is C15H18ClN3O2. The summed E-state index contributed by atoms with van der Waals surface area (Å²) in [6, 6.07) is 9.62. The van der Waals surface area contributed by atoms with E-state index in [1.807, 2.05) is 44.2 Å². The third-order valence-corrected chi connectivity index (χ3v) is 3.76. The molecule has 0 aliphatic carbocycles. The number of aryl methyl sites for hydroxylation is 1. The second-order valence-corrected chi connectivity index (χ2v) is 5.79. The minimum Gasteiger partial charge on any atom is -0.260 e. The van der Waals surface area contributed by atoms with Gasteiger partial charge in [0.2, 0.25) is 0 Å². The average Bonchev–Trinajstić information content (AvgIpc) is 2.76. The van der Waals surface area contributed by atoms with Gasteiger partial charge >= 0.3 is 5.69 Å². The Bertz CT molecular complexity index is 638. The summed E-state index contributed by atoms with van der Waals surface area (Å²) in [4.78, 5) is 10.9. The predicted octanol–water partition coefficient (Wildman–Crippen LogP) is 4.20. The maximum Gasteiger partial charge on any atom is 0.313 e. The van der Waals surface area contributed by atoms with Gasteiger partial charge < -0.3 is 0 Å². The Hall–Kier alpha value is -1.88. The third-order valence-electron chi connectivity index (χ3n) is 3.36. The fraction of sp³-hybridized carbons (Fsp3) is 0.400. The highest BCUT2D eigenvalue weighted by Crippen LogP contribution is 2.32. The van der Waals surface area contributed by atoms with E-state index in [1.165, 1.54) is 0 Å². The number of alkyl halides is 1. The molecule has 1 atom stereocenters.